The summed E-state index contributed by atoms with van der Waals surface area (Å²) in [6, 6.07) is 16.4. The van der Waals surface area contributed by atoms with E-state index in [1.165, 1.54) is 0 Å². The monoisotopic (exact) mass is 404 g/mol. The van der Waals surface area contributed by atoms with E-state index in [1.807, 2.05) is 44.2 Å². The van der Waals surface area contributed by atoms with Crippen LogP contribution in [0.5, 0.6) is 0 Å². The Bertz CT molecular complexity index is 977. The topological polar surface area (TPSA) is 51.1 Å². The first-order valence-corrected chi connectivity index (χ1v) is 9.68. The quantitative estimate of drug-likeness (QED) is 0.697. The van der Waals surface area contributed by atoms with Gasteiger partial charge in [-0.1, -0.05) is 51.8 Å². The summed E-state index contributed by atoms with van der Waals surface area (Å²) < 4.78 is 27.7. The number of aryl methyl sites for hydroxylation is 2. The Morgan fingerprint density at radius 1 is 0.958 bits per heavy atom. The zero-order chi connectivity index (χ0) is 17.3. The van der Waals surface area contributed by atoms with Gasteiger partial charge < -0.3 is 0 Å². The van der Waals surface area contributed by atoms with Crippen molar-refractivity contribution in [3.63, 3.8) is 0 Å². The van der Waals surface area contributed by atoms with E-state index in [4.69, 9.17) is 0 Å². The van der Waals surface area contributed by atoms with Crippen LogP contribution < -0.4 is 4.83 Å². The van der Waals surface area contributed by atoms with Crippen molar-refractivity contribution in [2.75, 3.05) is 4.83 Å². The molecular formula is C18H17BrN2O2S. The first-order chi connectivity index (χ1) is 11.4. The van der Waals surface area contributed by atoms with E-state index < -0.39 is 10.0 Å². The second kappa shape index (κ2) is 6.45. The molecule has 0 fully saturated rings. The molecule has 0 bridgehead atoms. The van der Waals surface area contributed by atoms with Gasteiger partial charge in [-0.2, -0.15) is 8.42 Å². The van der Waals surface area contributed by atoms with Crippen LogP contribution >= 0.6 is 15.9 Å². The number of nitrogens with one attached hydrogen (secondary N) is 1. The molecule has 0 aliphatic rings. The van der Waals surface area contributed by atoms with Gasteiger partial charge in [0, 0.05) is 16.2 Å². The Kier molecular flexibility index (Phi) is 4.51. The summed E-state index contributed by atoms with van der Waals surface area (Å²) in [4.78, 5) is 2.87. The lowest BCUT2D eigenvalue weighted by Crippen LogP contribution is -2.23. The number of sulfonamides is 1. The van der Waals surface area contributed by atoms with Gasteiger partial charge in [-0.15, -0.1) is 0 Å². The Morgan fingerprint density at radius 2 is 1.62 bits per heavy atom. The summed E-state index contributed by atoms with van der Waals surface area (Å²) in [6.07, 6.45) is 1.72. The van der Waals surface area contributed by atoms with Gasteiger partial charge in [0.15, 0.2) is 0 Å². The van der Waals surface area contributed by atoms with E-state index in [0.29, 0.717) is 0 Å². The van der Waals surface area contributed by atoms with Crippen LogP contribution in [0.15, 0.2) is 70.2 Å². The molecule has 4 nitrogen and oxygen atoms in total. The first-order valence-electron chi connectivity index (χ1n) is 7.41. The highest BCUT2D eigenvalue weighted by atomic mass is 79.9. The second-order valence-electron chi connectivity index (χ2n) is 5.60. The van der Waals surface area contributed by atoms with Crippen molar-refractivity contribution in [1.82, 2.24) is 4.68 Å². The maximum absolute atomic E-state index is 12.6. The number of hydrogen-bond donors (Lipinski definition) is 1. The van der Waals surface area contributed by atoms with Crippen LogP contribution in [0, 0.1) is 13.8 Å². The molecular weight excluding hydrogens is 388 g/mol. The van der Waals surface area contributed by atoms with Crippen molar-refractivity contribution < 1.29 is 8.42 Å². The molecule has 1 heterocycles. The van der Waals surface area contributed by atoms with Gasteiger partial charge in [-0.3, -0.25) is 4.68 Å². The van der Waals surface area contributed by atoms with Gasteiger partial charge in [0.25, 0.3) is 10.0 Å². The fraction of sp³-hybridized carbons (Fsp3) is 0.111. The van der Waals surface area contributed by atoms with Crippen molar-refractivity contribution in [2.24, 2.45) is 0 Å². The lowest BCUT2D eigenvalue weighted by Gasteiger charge is -2.15. The molecule has 6 heteroatoms. The number of nitrogens with zero attached hydrogens (tertiary/aromatic N) is 1. The van der Waals surface area contributed by atoms with Crippen molar-refractivity contribution in [1.29, 1.82) is 0 Å². The molecule has 1 N–H and O–H groups in total. The Balaban J connectivity index is 2.03. The van der Waals surface area contributed by atoms with Crippen LogP contribution in [0.3, 0.4) is 0 Å². The molecule has 0 aliphatic carbocycles. The molecule has 1 aromatic heterocycles. The predicted octanol–water partition coefficient (Wildman–Crippen LogP) is 4.47. The standard InChI is InChI=1S/C18H17BrN2O2S/c1-13-7-9-15(10-8-13)24(22,23)20-21-12-11-14(2)18(21)16-5-3-4-6-17(16)19/h3-12,20H,1-2H3. The summed E-state index contributed by atoms with van der Waals surface area (Å²) in [5, 5.41) is 0. The lowest BCUT2D eigenvalue weighted by molar-refractivity contribution is 0.595. The minimum atomic E-state index is -3.66. The normalized spacial score (nSPS) is 11.5. The van der Waals surface area contributed by atoms with Crippen LogP contribution in [0.1, 0.15) is 11.1 Å². The number of rotatable bonds is 4. The highest BCUT2D eigenvalue weighted by Crippen LogP contribution is 2.31. The zero-order valence-corrected chi connectivity index (χ0v) is 15.7. The molecule has 0 aliphatic heterocycles. The molecule has 3 aromatic rings. The lowest BCUT2D eigenvalue weighted by atomic mass is 10.1. The van der Waals surface area contributed by atoms with E-state index in [-0.39, 0.29) is 4.90 Å². The first kappa shape index (κ1) is 16.8. The molecule has 0 unspecified atom stereocenters. The Hall–Kier alpha value is -2.05. The molecule has 0 radical (unpaired) electrons. The van der Waals surface area contributed by atoms with Gasteiger partial charge in [0.1, 0.15) is 0 Å². The van der Waals surface area contributed by atoms with E-state index in [1.54, 1.807) is 35.1 Å². The van der Waals surface area contributed by atoms with Crippen molar-refractivity contribution in [2.45, 2.75) is 18.7 Å². The average Bonchev–Trinajstić information content (AvgIpc) is 2.88. The summed E-state index contributed by atoms with van der Waals surface area (Å²) in [5.74, 6) is 0. The molecule has 124 valence electrons. The van der Waals surface area contributed by atoms with Crippen LogP contribution in [0.2, 0.25) is 0 Å². The Morgan fingerprint density at radius 3 is 2.29 bits per heavy atom. The average molecular weight is 405 g/mol. The van der Waals surface area contributed by atoms with Gasteiger partial charge in [0.05, 0.1) is 10.6 Å². The molecule has 0 atom stereocenters. The number of aromatic nitrogens is 1. The summed E-state index contributed by atoms with van der Waals surface area (Å²) in [6.45, 7) is 3.87. The smallest absolute Gasteiger partial charge is 0.253 e. The van der Waals surface area contributed by atoms with Crippen molar-refractivity contribution in [3.8, 4) is 11.3 Å². The van der Waals surface area contributed by atoms with Crippen LogP contribution in [-0.4, -0.2) is 13.1 Å². The summed E-state index contributed by atoms with van der Waals surface area (Å²) >= 11 is 3.53. The SMILES string of the molecule is Cc1ccc(S(=O)(=O)Nn2ccc(C)c2-c2ccccc2Br)cc1. The van der Waals surface area contributed by atoms with Gasteiger partial charge in [-0.05, 0) is 43.7 Å². The van der Waals surface area contributed by atoms with Crippen molar-refractivity contribution >= 4 is 26.0 Å². The van der Waals surface area contributed by atoms with Gasteiger partial charge in [-0.25, -0.2) is 4.83 Å². The van der Waals surface area contributed by atoms with Gasteiger partial charge in [0.2, 0.25) is 0 Å². The van der Waals surface area contributed by atoms with E-state index in [2.05, 4.69) is 20.8 Å². The fourth-order valence-corrected chi connectivity index (χ4v) is 3.98. The number of benzene rings is 2. The van der Waals surface area contributed by atoms with Crippen molar-refractivity contribution in [3.05, 3.63) is 76.4 Å². The highest BCUT2D eigenvalue weighted by Gasteiger charge is 2.18. The molecule has 0 amide bonds. The highest BCUT2D eigenvalue weighted by molar-refractivity contribution is 9.10. The van der Waals surface area contributed by atoms with E-state index in [9.17, 15) is 8.42 Å². The third kappa shape index (κ3) is 3.25. The maximum atomic E-state index is 12.6. The summed E-state index contributed by atoms with van der Waals surface area (Å²) in [5.41, 5.74) is 3.72. The molecule has 0 spiro atoms. The van der Waals surface area contributed by atoms with E-state index >= 15 is 0 Å². The van der Waals surface area contributed by atoms with Crippen LogP contribution in [-0.2, 0) is 10.0 Å². The second-order valence-corrected chi connectivity index (χ2v) is 8.12. The maximum Gasteiger partial charge on any atom is 0.275 e. The summed E-state index contributed by atoms with van der Waals surface area (Å²) in [7, 11) is -3.66. The molecule has 2 aromatic carbocycles. The number of halogens is 1. The third-order valence-electron chi connectivity index (χ3n) is 3.77. The molecule has 24 heavy (non-hydrogen) atoms. The van der Waals surface area contributed by atoms with Crippen LogP contribution in [0.4, 0.5) is 0 Å². The molecule has 0 saturated heterocycles. The predicted molar refractivity (Wildman–Crippen MR) is 100 cm³/mol. The minimum absolute atomic E-state index is 0.234. The van der Waals surface area contributed by atoms with Gasteiger partial charge >= 0.3 is 0 Å². The molecule has 3 rings (SSSR count). The van der Waals surface area contributed by atoms with Crippen LogP contribution in [0.25, 0.3) is 11.3 Å². The van der Waals surface area contributed by atoms with E-state index in [0.717, 1.165) is 26.9 Å². The zero-order valence-electron chi connectivity index (χ0n) is 13.3. The minimum Gasteiger partial charge on any atom is -0.253 e. The number of hydrogen-bond acceptors (Lipinski definition) is 2. The molecule has 0 saturated carbocycles. The largest absolute Gasteiger partial charge is 0.275 e. The fourth-order valence-electron chi connectivity index (χ4n) is 2.50. The Labute approximate surface area is 150 Å². The third-order valence-corrected chi connectivity index (χ3v) is 5.79.